The van der Waals surface area contributed by atoms with Crippen LogP contribution in [-0.4, -0.2) is 32.2 Å². The van der Waals surface area contributed by atoms with Crippen LogP contribution >= 0.6 is 0 Å². The summed E-state index contributed by atoms with van der Waals surface area (Å²) < 4.78 is 35.9. The van der Waals surface area contributed by atoms with Crippen LogP contribution in [0.25, 0.3) is 0 Å². The minimum Gasteiger partial charge on any atom is -0.508 e. The van der Waals surface area contributed by atoms with Crippen molar-refractivity contribution in [1.82, 2.24) is 0 Å². The topological polar surface area (TPSA) is 89.9 Å². The molecule has 0 radical (unpaired) electrons. The number of phenols is 1. The minimum atomic E-state index is -3.68. The highest BCUT2D eigenvalue weighted by atomic mass is 32.2. The van der Waals surface area contributed by atoms with Crippen molar-refractivity contribution in [2.75, 3.05) is 6.61 Å². The van der Waals surface area contributed by atoms with E-state index in [-0.39, 0.29) is 29.0 Å². The molecule has 2 aromatic carbocycles. The molecule has 0 spiro atoms. The van der Waals surface area contributed by atoms with Crippen molar-refractivity contribution in [3.05, 3.63) is 59.2 Å². The molecule has 6 nitrogen and oxygen atoms in total. The van der Waals surface area contributed by atoms with Crippen molar-refractivity contribution in [2.45, 2.75) is 121 Å². The molecule has 0 bridgehead atoms. The summed E-state index contributed by atoms with van der Waals surface area (Å²) >= 11 is 0. The fourth-order valence-corrected chi connectivity index (χ4v) is 9.85. The van der Waals surface area contributed by atoms with Gasteiger partial charge >= 0.3 is 5.97 Å². The second kappa shape index (κ2) is 13.7. The van der Waals surface area contributed by atoms with E-state index in [4.69, 9.17) is 8.92 Å². The zero-order valence-corrected chi connectivity index (χ0v) is 27.0. The smallest absolute Gasteiger partial charge is 0.302 e. The van der Waals surface area contributed by atoms with Crippen LogP contribution in [0.5, 0.6) is 5.75 Å². The van der Waals surface area contributed by atoms with Crippen LogP contribution in [0.15, 0.2) is 47.4 Å². The standard InChI is InChI=1S/C36H50O6S/c1-25-12-11-14-30(22-25)43(39,40)41-21-10-8-6-4-5-7-9-13-27-23-28-24-29(38)15-16-31(28)32-19-20-36(3)33(35(27)32)17-18-34(36)42-26(2)37/h11-12,14-16,22,24,27,32-35,38H,4-10,13,17-21,23H2,1-3H3/t27-,32?,33?,34+,35?,36+/m1/s1. The second-order valence-electron chi connectivity index (χ2n) is 13.7. The van der Waals surface area contributed by atoms with Gasteiger partial charge in [-0.05, 0) is 116 Å². The Balaban J connectivity index is 1.08. The first-order chi connectivity index (χ1) is 20.6. The van der Waals surface area contributed by atoms with Gasteiger partial charge in [-0.15, -0.1) is 0 Å². The van der Waals surface area contributed by atoms with Crippen LogP contribution in [-0.2, 0) is 30.3 Å². The van der Waals surface area contributed by atoms with Gasteiger partial charge in [0.1, 0.15) is 11.9 Å². The van der Waals surface area contributed by atoms with Gasteiger partial charge in [0.15, 0.2) is 0 Å². The molecule has 7 heteroatoms. The predicted molar refractivity (Wildman–Crippen MR) is 168 cm³/mol. The molecule has 0 aromatic heterocycles. The van der Waals surface area contributed by atoms with Gasteiger partial charge in [-0.25, -0.2) is 0 Å². The van der Waals surface area contributed by atoms with Gasteiger partial charge in [0.25, 0.3) is 10.1 Å². The summed E-state index contributed by atoms with van der Waals surface area (Å²) in [5.74, 6) is 2.50. The van der Waals surface area contributed by atoms with Crippen LogP contribution in [0.2, 0.25) is 0 Å². The van der Waals surface area contributed by atoms with Crippen molar-refractivity contribution in [3.8, 4) is 5.75 Å². The molecule has 2 fully saturated rings. The van der Waals surface area contributed by atoms with Gasteiger partial charge in [-0.3, -0.25) is 8.98 Å². The molecule has 2 aromatic rings. The number of carbonyl (C=O) groups excluding carboxylic acids is 1. The number of rotatable bonds is 13. The van der Waals surface area contributed by atoms with Crippen LogP contribution in [0.3, 0.4) is 0 Å². The van der Waals surface area contributed by atoms with Crippen molar-refractivity contribution in [1.29, 1.82) is 0 Å². The number of hydrogen-bond donors (Lipinski definition) is 1. The summed E-state index contributed by atoms with van der Waals surface area (Å²) in [4.78, 5) is 12.1. The SMILES string of the molecule is CC(=O)O[C@H]1CCC2C3C(CC[C@@]21C)c1ccc(O)cc1C[C@H]3CCCCCCCCCOS(=O)(=O)c1cccc(C)c1. The average Bonchev–Trinajstić information content (AvgIpc) is 3.28. The van der Waals surface area contributed by atoms with E-state index in [1.807, 2.05) is 25.1 Å². The fourth-order valence-electron chi connectivity index (χ4n) is 8.80. The number of fused-ring (bicyclic) bond motifs is 5. The Labute approximate surface area is 258 Å². The summed E-state index contributed by atoms with van der Waals surface area (Å²) in [5, 5.41) is 10.2. The summed E-state index contributed by atoms with van der Waals surface area (Å²) in [6.07, 6.45) is 14.2. The van der Waals surface area contributed by atoms with Gasteiger partial charge in [0.2, 0.25) is 0 Å². The lowest BCUT2D eigenvalue weighted by Crippen LogP contribution is -2.48. The molecule has 236 valence electrons. The third-order valence-electron chi connectivity index (χ3n) is 10.8. The molecule has 43 heavy (non-hydrogen) atoms. The van der Waals surface area contributed by atoms with Gasteiger partial charge in [-0.1, -0.05) is 63.6 Å². The third kappa shape index (κ3) is 7.30. The number of aryl methyl sites for hydroxylation is 1. The summed E-state index contributed by atoms with van der Waals surface area (Å²) in [6, 6.07) is 12.9. The van der Waals surface area contributed by atoms with Gasteiger partial charge in [-0.2, -0.15) is 8.42 Å². The summed E-state index contributed by atoms with van der Waals surface area (Å²) in [5.41, 5.74) is 3.73. The van der Waals surface area contributed by atoms with Crippen LogP contribution in [0, 0.1) is 30.1 Å². The molecule has 3 unspecified atom stereocenters. The number of hydrogen-bond acceptors (Lipinski definition) is 6. The first-order valence-electron chi connectivity index (χ1n) is 16.5. The predicted octanol–water partition coefficient (Wildman–Crippen LogP) is 8.24. The lowest BCUT2D eigenvalue weighted by Gasteiger charge is -2.53. The Morgan fingerprint density at radius 1 is 0.977 bits per heavy atom. The lowest BCUT2D eigenvalue weighted by molar-refractivity contribution is -0.155. The first kappa shape index (κ1) is 32.0. The molecule has 5 rings (SSSR count). The molecule has 3 aliphatic rings. The zero-order chi connectivity index (χ0) is 30.6. The molecule has 0 amide bonds. The highest BCUT2D eigenvalue weighted by Crippen LogP contribution is 2.63. The van der Waals surface area contributed by atoms with E-state index in [2.05, 4.69) is 13.0 Å². The largest absolute Gasteiger partial charge is 0.508 e. The molecular weight excluding hydrogens is 560 g/mol. The van der Waals surface area contributed by atoms with Crippen LogP contribution in [0.4, 0.5) is 0 Å². The Kier molecular flexibility index (Phi) is 10.2. The monoisotopic (exact) mass is 610 g/mol. The van der Waals surface area contributed by atoms with E-state index in [0.29, 0.717) is 29.4 Å². The Hall–Kier alpha value is -2.38. The lowest BCUT2D eigenvalue weighted by atomic mass is 9.52. The second-order valence-corrected chi connectivity index (χ2v) is 15.3. The molecular formula is C36H50O6S. The number of unbranched alkanes of at least 4 members (excludes halogenated alkanes) is 6. The molecule has 0 aliphatic heterocycles. The van der Waals surface area contributed by atoms with E-state index >= 15 is 0 Å². The van der Waals surface area contributed by atoms with E-state index < -0.39 is 10.1 Å². The van der Waals surface area contributed by atoms with E-state index in [9.17, 15) is 18.3 Å². The maximum absolute atomic E-state index is 12.4. The molecule has 0 heterocycles. The normalized spacial score (nSPS) is 28.1. The maximum Gasteiger partial charge on any atom is 0.302 e. The van der Waals surface area contributed by atoms with Gasteiger partial charge in [0.05, 0.1) is 11.5 Å². The van der Waals surface area contributed by atoms with Crippen LogP contribution < -0.4 is 0 Å². The Morgan fingerprint density at radius 2 is 1.72 bits per heavy atom. The van der Waals surface area contributed by atoms with Crippen molar-refractivity contribution < 1.29 is 27.2 Å². The fraction of sp³-hybridized carbons (Fsp3) is 0.639. The summed E-state index contributed by atoms with van der Waals surface area (Å²) in [7, 11) is -3.68. The van der Waals surface area contributed by atoms with E-state index in [1.54, 1.807) is 25.1 Å². The Bertz CT molecular complexity index is 1370. The van der Waals surface area contributed by atoms with E-state index in [1.165, 1.54) is 36.8 Å². The van der Waals surface area contributed by atoms with Gasteiger partial charge < -0.3 is 9.84 Å². The number of aromatic hydroxyl groups is 1. The van der Waals surface area contributed by atoms with E-state index in [0.717, 1.165) is 63.4 Å². The molecule has 6 atom stereocenters. The molecule has 0 saturated heterocycles. The number of esters is 1. The number of benzene rings is 2. The van der Waals surface area contributed by atoms with Crippen LogP contribution in [0.1, 0.15) is 114 Å². The maximum atomic E-state index is 12.4. The highest BCUT2D eigenvalue weighted by molar-refractivity contribution is 7.86. The first-order valence-corrected chi connectivity index (χ1v) is 17.9. The number of ether oxygens (including phenoxy) is 1. The number of carbonyl (C=O) groups is 1. The quantitative estimate of drug-likeness (QED) is 0.140. The van der Waals surface area contributed by atoms with Gasteiger partial charge in [0, 0.05) is 12.3 Å². The minimum absolute atomic E-state index is 0.0332. The molecule has 1 N–H and O–H groups in total. The zero-order valence-electron chi connectivity index (χ0n) is 26.2. The number of phenolic OH excluding ortho intramolecular Hbond substituents is 1. The highest BCUT2D eigenvalue weighted by Gasteiger charge is 2.58. The Morgan fingerprint density at radius 3 is 2.47 bits per heavy atom. The van der Waals surface area contributed by atoms with Crippen molar-refractivity contribution in [3.63, 3.8) is 0 Å². The van der Waals surface area contributed by atoms with Crippen molar-refractivity contribution >= 4 is 16.1 Å². The molecule has 2 saturated carbocycles. The third-order valence-corrected chi connectivity index (χ3v) is 12.2. The molecule has 3 aliphatic carbocycles. The van der Waals surface area contributed by atoms with Crippen molar-refractivity contribution in [2.24, 2.45) is 23.2 Å². The summed E-state index contributed by atoms with van der Waals surface area (Å²) in [6.45, 7) is 6.02. The average molecular weight is 611 g/mol.